The highest BCUT2D eigenvalue weighted by Gasteiger charge is 2.13. The van der Waals surface area contributed by atoms with Gasteiger partial charge in [-0.15, -0.1) is 0 Å². The number of likely N-dealkylation sites (N-methyl/N-ethyl adjacent to an activating group) is 1. The molecule has 1 aliphatic heterocycles. The van der Waals surface area contributed by atoms with E-state index in [1.807, 2.05) is 0 Å². The SMILES string of the molecule is [2H]C([2H])([2H])NC(C)C([2H])([2H])c1ccc2c(c1)OCO2. The molecule has 0 aliphatic carbocycles. The zero-order chi connectivity index (χ0) is 14.3. The Bertz CT molecular complexity index is 475. The van der Waals surface area contributed by atoms with Crippen molar-refractivity contribution in [1.29, 1.82) is 0 Å². The van der Waals surface area contributed by atoms with Gasteiger partial charge in [-0.1, -0.05) is 6.07 Å². The van der Waals surface area contributed by atoms with Crippen molar-refractivity contribution < 1.29 is 16.3 Å². The summed E-state index contributed by atoms with van der Waals surface area (Å²) in [5.41, 5.74) is 0.348. The number of hydrogen-bond donors (Lipinski definition) is 1. The van der Waals surface area contributed by atoms with Gasteiger partial charge in [0, 0.05) is 12.9 Å². The summed E-state index contributed by atoms with van der Waals surface area (Å²) in [6.45, 7) is -0.773. The van der Waals surface area contributed by atoms with E-state index in [9.17, 15) is 0 Å². The lowest BCUT2D eigenvalue weighted by molar-refractivity contribution is 0.174. The molecule has 0 fully saturated rings. The molecule has 0 bridgehead atoms. The van der Waals surface area contributed by atoms with Crippen LogP contribution in [0, 0.1) is 0 Å². The fourth-order valence-corrected chi connectivity index (χ4v) is 1.27. The molecular formula is C11H15NO2. The summed E-state index contributed by atoms with van der Waals surface area (Å²) in [7, 11) is 0. The second kappa shape index (κ2) is 3.88. The van der Waals surface area contributed by atoms with Gasteiger partial charge in [-0.05, 0) is 38.0 Å². The van der Waals surface area contributed by atoms with Crippen molar-refractivity contribution in [2.45, 2.75) is 19.3 Å². The minimum Gasteiger partial charge on any atom is -0.454 e. The van der Waals surface area contributed by atoms with Crippen LogP contribution in [0.5, 0.6) is 11.5 Å². The Kier molecular flexibility index (Phi) is 1.39. The molecule has 1 aliphatic rings. The predicted octanol–water partition coefficient (Wildman–Crippen LogP) is 1.57. The quantitative estimate of drug-likeness (QED) is 0.799. The van der Waals surface area contributed by atoms with Crippen molar-refractivity contribution in [3.05, 3.63) is 23.8 Å². The van der Waals surface area contributed by atoms with Gasteiger partial charge in [-0.2, -0.15) is 0 Å². The first-order valence-electron chi connectivity index (χ1n) is 6.88. The molecule has 2 rings (SSSR count). The van der Waals surface area contributed by atoms with E-state index in [4.69, 9.17) is 16.3 Å². The first kappa shape index (κ1) is 5.03. The lowest BCUT2D eigenvalue weighted by atomic mass is 10.1. The van der Waals surface area contributed by atoms with E-state index in [0.717, 1.165) is 0 Å². The molecule has 3 heteroatoms. The van der Waals surface area contributed by atoms with Crippen molar-refractivity contribution in [3.63, 3.8) is 0 Å². The van der Waals surface area contributed by atoms with Crippen LogP contribution in [-0.2, 0) is 6.37 Å². The maximum atomic E-state index is 8.07. The highest BCUT2D eigenvalue weighted by atomic mass is 16.7. The maximum Gasteiger partial charge on any atom is 0.231 e. The van der Waals surface area contributed by atoms with Crippen LogP contribution in [0.15, 0.2) is 18.2 Å². The summed E-state index contributed by atoms with van der Waals surface area (Å²) in [5.74, 6) is 1.04. The summed E-state index contributed by atoms with van der Waals surface area (Å²) >= 11 is 0. The summed E-state index contributed by atoms with van der Waals surface area (Å²) in [6, 6.07) is 3.86. The Morgan fingerprint density at radius 1 is 1.57 bits per heavy atom. The van der Waals surface area contributed by atoms with E-state index in [2.05, 4.69) is 5.32 Å². The van der Waals surface area contributed by atoms with Crippen LogP contribution in [0.2, 0.25) is 0 Å². The molecule has 1 aromatic carbocycles. The number of rotatable bonds is 3. The largest absolute Gasteiger partial charge is 0.454 e. The Morgan fingerprint density at radius 2 is 2.43 bits per heavy atom. The summed E-state index contributed by atoms with van der Waals surface area (Å²) in [5, 5.41) is 2.28. The average Bonchev–Trinajstić information content (AvgIpc) is 2.73. The van der Waals surface area contributed by atoms with Gasteiger partial charge in [0.25, 0.3) is 0 Å². The fourth-order valence-electron chi connectivity index (χ4n) is 1.27. The Morgan fingerprint density at radius 3 is 3.29 bits per heavy atom. The van der Waals surface area contributed by atoms with Gasteiger partial charge < -0.3 is 14.8 Å². The summed E-state index contributed by atoms with van der Waals surface area (Å²) in [4.78, 5) is 0. The Labute approximate surface area is 91.1 Å². The normalized spacial score (nSPS) is 22.8. The van der Waals surface area contributed by atoms with Crippen molar-refractivity contribution in [2.24, 2.45) is 0 Å². The minimum atomic E-state index is -2.39. The topological polar surface area (TPSA) is 30.5 Å². The van der Waals surface area contributed by atoms with Crippen LogP contribution in [-0.4, -0.2) is 19.8 Å². The fraction of sp³-hybridized carbons (Fsp3) is 0.455. The van der Waals surface area contributed by atoms with Gasteiger partial charge in [-0.25, -0.2) is 0 Å². The molecule has 14 heavy (non-hydrogen) atoms. The van der Waals surface area contributed by atoms with Crippen molar-refractivity contribution in [1.82, 2.24) is 5.32 Å². The monoisotopic (exact) mass is 198 g/mol. The van der Waals surface area contributed by atoms with Gasteiger partial charge in [0.1, 0.15) is 0 Å². The van der Waals surface area contributed by atoms with Crippen molar-refractivity contribution in [3.8, 4) is 11.5 Å². The number of benzene rings is 1. The number of nitrogens with one attached hydrogen (secondary N) is 1. The van der Waals surface area contributed by atoms with Crippen molar-refractivity contribution >= 4 is 0 Å². The molecule has 1 N–H and O–H groups in total. The van der Waals surface area contributed by atoms with Gasteiger partial charge in [0.05, 0.1) is 0 Å². The van der Waals surface area contributed by atoms with Crippen LogP contribution < -0.4 is 14.8 Å². The van der Waals surface area contributed by atoms with Gasteiger partial charge in [-0.3, -0.25) is 0 Å². The highest BCUT2D eigenvalue weighted by Crippen LogP contribution is 2.32. The van der Waals surface area contributed by atoms with E-state index in [1.54, 1.807) is 18.2 Å². The minimum absolute atomic E-state index is 0.116. The zero-order valence-electron chi connectivity index (χ0n) is 12.8. The molecule has 1 unspecified atom stereocenters. The predicted molar refractivity (Wildman–Crippen MR) is 54.8 cm³/mol. The highest BCUT2D eigenvalue weighted by molar-refractivity contribution is 5.44. The van der Waals surface area contributed by atoms with Gasteiger partial charge in [0.15, 0.2) is 11.5 Å². The standard InChI is InChI=1S/C11H15NO2/c1-8(12-2)5-9-3-4-10-11(6-9)14-7-13-10/h3-4,6,8,12H,5,7H2,1-2H3/i2D3,5D2. The Hall–Kier alpha value is -1.22. The zero-order valence-corrected chi connectivity index (χ0v) is 7.83. The molecule has 76 valence electrons. The molecular weight excluding hydrogens is 178 g/mol. The number of ether oxygens (including phenoxy) is 2. The third kappa shape index (κ3) is 1.82. The molecule has 0 radical (unpaired) electrons. The second-order valence-electron chi connectivity index (χ2n) is 3.08. The number of fused-ring (bicyclic) bond motifs is 1. The summed E-state index contributed by atoms with van der Waals surface area (Å²) < 4.78 is 47.9. The second-order valence-corrected chi connectivity index (χ2v) is 3.08. The van der Waals surface area contributed by atoms with E-state index in [1.165, 1.54) is 6.92 Å². The molecule has 0 aromatic heterocycles. The molecule has 0 spiro atoms. The molecule has 1 aromatic rings. The molecule has 1 heterocycles. The van der Waals surface area contributed by atoms with Gasteiger partial charge >= 0.3 is 0 Å². The smallest absolute Gasteiger partial charge is 0.231 e. The van der Waals surface area contributed by atoms with Crippen molar-refractivity contribution in [2.75, 3.05) is 13.8 Å². The molecule has 3 nitrogen and oxygen atoms in total. The van der Waals surface area contributed by atoms with Crippen LogP contribution in [0.4, 0.5) is 0 Å². The first-order valence-corrected chi connectivity index (χ1v) is 4.38. The number of hydrogen-bond acceptors (Lipinski definition) is 3. The van der Waals surface area contributed by atoms with E-state index in [-0.39, 0.29) is 6.79 Å². The van der Waals surface area contributed by atoms with Gasteiger partial charge in [0.2, 0.25) is 6.79 Å². The van der Waals surface area contributed by atoms with Crippen LogP contribution in [0.3, 0.4) is 0 Å². The van der Waals surface area contributed by atoms with Crippen LogP contribution in [0.25, 0.3) is 0 Å². The first-order chi connectivity index (χ1) is 8.70. The molecule has 1 atom stereocenters. The molecule has 0 saturated heterocycles. The lowest BCUT2D eigenvalue weighted by Crippen LogP contribution is -2.23. The van der Waals surface area contributed by atoms with Crippen LogP contribution in [0.1, 0.15) is 19.3 Å². The molecule has 0 saturated carbocycles. The van der Waals surface area contributed by atoms with E-state index < -0.39 is 19.4 Å². The average molecular weight is 198 g/mol. The summed E-state index contributed by atoms with van der Waals surface area (Å²) in [6.07, 6.45) is -1.84. The molecule has 0 amide bonds. The lowest BCUT2D eigenvalue weighted by Gasteiger charge is -2.09. The maximum absolute atomic E-state index is 8.07. The third-order valence-electron chi connectivity index (χ3n) is 1.97. The van der Waals surface area contributed by atoms with E-state index >= 15 is 0 Å². The Balaban J connectivity index is 2.23. The van der Waals surface area contributed by atoms with E-state index in [0.29, 0.717) is 17.1 Å². The van der Waals surface area contributed by atoms with Crippen LogP contribution >= 0.6 is 0 Å². The third-order valence-corrected chi connectivity index (χ3v) is 1.97.